The zero-order valence-electron chi connectivity index (χ0n) is 9.97. The minimum atomic E-state index is 0.0121. The van der Waals surface area contributed by atoms with Crippen LogP contribution < -0.4 is 5.32 Å². The molecule has 1 N–H and O–H groups in total. The number of hydrogen-bond acceptors (Lipinski definition) is 3. The molecule has 0 fully saturated rings. The fourth-order valence-corrected chi connectivity index (χ4v) is 2.20. The van der Waals surface area contributed by atoms with Gasteiger partial charge in [0.25, 0.3) is 0 Å². The zero-order valence-corrected chi connectivity index (χ0v) is 9.97. The van der Waals surface area contributed by atoms with Gasteiger partial charge in [0.2, 0.25) is 0 Å². The highest BCUT2D eigenvalue weighted by Crippen LogP contribution is 2.34. The molecule has 0 aliphatic carbocycles. The van der Waals surface area contributed by atoms with Gasteiger partial charge in [-0.2, -0.15) is 0 Å². The number of fused-ring (bicyclic) bond motifs is 2. The van der Waals surface area contributed by atoms with Crippen LogP contribution in [0.2, 0.25) is 0 Å². The first-order valence-electron chi connectivity index (χ1n) is 5.83. The molecule has 3 rings (SSSR count). The smallest absolute Gasteiger partial charge is 0.197 e. The average Bonchev–Trinajstić information content (AvgIpc) is 2.53. The molecule has 18 heavy (non-hydrogen) atoms. The number of pyridine rings is 1. The van der Waals surface area contributed by atoms with Gasteiger partial charge >= 0.3 is 0 Å². The number of nitrogens with zero attached hydrogens (tertiary/aromatic N) is 1. The largest absolute Gasteiger partial charge is 0.339 e. The molecule has 3 heteroatoms. The van der Waals surface area contributed by atoms with Crippen molar-refractivity contribution in [3.05, 3.63) is 59.8 Å². The Morgan fingerprint density at radius 1 is 1.11 bits per heavy atom. The van der Waals surface area contributed by atoms with E-state index in [-0.39, 0.29) is 5.78 Å². The summed E-state index contributed by atoms with van der Waals surface area (Å²) in [6.45, 7) is 1.88. The third-order valence-corrected chi connectivity index (χ3v) is 3.06. The van der Waals surface area contributed by atoms with E-state index in [0.717, 1.165) is 11.3 Å². The molecule has 2 aromatic rings. The van der Waals surface area contributed by atoms with E-state index in [4.69, 9.17) is 0 Å². The molecule has 1 aromatic heterocycles. The monoisotopic (exact) mass is 236 g/mol. The SMILES string of the molecule is C/C=C1/C(=O)c2cccnc2Nc2ccccc21. The number of ketones is 1. The summed E-state index contributed by atoms with van der Waals surface area (Å²) in [5, 5.41) is 3.22. The number of nitrogens with one attached hydrogen (secondary N) is 1. The number of anilines is 2. The number of benzene rings is 1. The van der Waals surface area contributed by atoms with Crippen LogP contribution in [0.4, 0.5) is 11.5 Å². The third kappa shape index (κ3) is 1.52. The van der Waals surface area contributed by atoms with Crippen molar-refractivity contribution in [3.63, 3.8) is 0 Å². The van der Waals surface area contributed by atoms with E-state index >= 15 is 0 Å². The summed E-state index contributed by atoms with van der Waals surface area (Å²) in [5.41, 5.74) is 3.16. The molecular formula is C15H12N2O. The maximum Gasteiger partial charge on any atom is 0.197 e. The Bertz CT molecular complexity index is 659. The maximum atomic E-state index is 12.5. The lowest BCUT2D eigenvalue weighted by molar-refractivity contribution is 0.105. The summed E-state index contributed by atoms with van der Waals surface area (Å²) in [6.07, 6.45) is 3.54. The predicted octanol–water partition coefficient (Wildman–Crippen LogP) is 3.42. The fourth-order valence-electron chi connectivity index (χ4n) is 2.20. The summed E-state index contributed by atoms with van der Waals surface area (Å²) in [5.74, 6) is 0.629. The Balaban J connectivity index is 2.30. The van der Waals surface area contributed by atoms with Crippen LogP contribution in [0.1, 0.15) is 22.8 Å². The van der Waals surface area contributed by atoms with Crippen LogP contribution in [0.3, 0.4) is 0 Å². The number of allylic oxidation sites excluding steroid dienone is 2. The molecule has 1 aliphatic heterocycles. The number of hydrogen-bond donors (Lipinski definition) is 1. The number of carbonyl (C=O) groups excluding carboxylic acids is 1. The van der Waals surface area contributed by atoms with E-state index in [1.165, 1.54) is 0 Å². The van der Waals surface area contributed by atoms with Crippen molar-refractivity contribution in [1.29, 1.82) is 0 Å². The number of para-hydroxylation sites is 1. The lowest BCUT2D eigenvalue weighted by Crippen LogP contribution is -2.02. The van der Waals surface area contributed by atoms with Crippen molar-refractivity contribution in [3.8, 4) is 0 Å². The van der Waals surface area contributed by atoms with Gasteiger partial charge in [0.05, 0.1) is 5.56 Å². The first-order valence-corrected chi connectivity index (χ1v) is 5.83. The second-order valence-electron chi connectivity index (χ2n) is 4.10. The summed E-state index contributed by atoms with van der Waals surface area (Å²) >= 11 is 0. The van der Waals surface area contributed by atoms with Crippen molar-refractivity contribution >= 4 is 22.9 Å². The highest BCUT2D eigenvalue weighted by atomic mass is 16.1. The Kier molecular flexibility index (Phi) is 2.45. The topological polar surface area (TPSA) is 42.0 Å². The Morgan fingerprint density at radius 3 is 2.72 bits per heavy atom. The first-order chi connectivity index (χ1) is 8.81. The zero-order chi connectivity index (χ0) is 12.5. The molecule has 1 aliphatic rings. The Labute approximate surface area is 105 Å². The number of rotatable bonds is 0. The van der Waals surface area contributed by atoms with Crippen molar-refractivity contribution in [2.45, 2.75) is 6.92 Å². The summed E-state index contributed by atoms with van der Waals surface area (Å²) in [4.78, 5) is 16.7. The van der Waals surface area contributed by atoms with Crippen LogP contribution >= 0.6 is 0 Å². The van der Waals surface area contributed by atoms with Gasteiger partial charge in [0, 0.05) is 23.0 Å². The van der Waals surface area contributed by atoms with Crippen LogP contribution in [0, 0.1) is 0 Å². The summed E-state index contributed by atoms with van der Waals surface area (Å²) in [7, 11) is 0. The van der Waals surface area contributed by atoms with Gasteiger partial charge in [0.15, 0.2) is 5.78 Å². The van der Waals surface area contributed by atoms with E-state index in [2.05, 4.69) is 10.3 Å². The number of carbonyl (C=O) groups is 1. The molecule has 0 saturated carbocycles. The number of Topliss-reactive ketones (excluding diaryl/α,β-unsaturated/α-hetero) is 1. The fraction of sp³-hybridized carbons (Fsp3) is 0.0667. The van der Waals surface area contributed by atoms with E-state index in [1.54, 1.807) is 18.3 Å². The van der Waals surface area contributed by atoms with Gasteiger partial charge < -0.3 is 5.32 Å². The average molecular weight is 236 g/mol. The van der Waals surface area contributed by atoms with Crippen LogP contribution in [-0.4, -0.2) is 10.8 Å². The van der Waals surface area contributed by atoms with Crippen molar-refractivity contribution < 1.29 is 4.79 Å². The van der Waals surface area contributed by atoms with Gasteiger partial charge in [-0.1, -0.05) is 24.3 Å². The van der Waals surface area contributed by atoms with Gasteiger partial charge in [-0.25, -0.2) is 4.98 Å². The summed E-state index contributed by atoms with van der Waals surface area (Å²) < 4.78 is 0. The first kappa shape index (κ1) is 10.7. The van der Waals surface area contributed by atoms with Gasteiger partial charge in [-0.05, 0) is 25.1 Å². The van der Waals surface area contributed by atoms with E-state index in [1.807, 2.05) is 37.3 Å². The van der Waals surface area contributed by atoms with Gasteiger partial charge in [-0.15, -0.1) is 0 Å². The second-order valence-corrected chi connectivity index (χ2v) is 4.10. The number of aromatic nitrogens is 1. The predicted molar refractivity (Wildman–Crippen MR) is 71.9 cm³/mol. The maximum absolute atomic E-state index is 12.5. The quantitative estimate of drug-likeness (QED) is 0.712. The Morgan fingerprint density at radius 2 is 1.89 bits per heavy atom. The highest BCUT2D eigenvalue weighted by molar-refractivity contribution is 6.32. The molecule has 2 heterocycles. The van der Waals surface area contributed by atoms with Gasteiger partial charge in [-0.3, -0.25) is 4.79 Å². The van der Waals surface area contributed by atoms with E-state index in [9.17, 15) is 4.79 Å². The molecule has 0 saturated heterocycles. The minimum absolute atomic E-state index is 0.0121. The molecule has 0 spiro atoms. The lowest BCUT2D eigenvalue weighted by Gasteiger charge is -2.07. The van der Waals surface area contributed by atoms with Crippen molar-refractivity contribution in [2.75, 3.05) is 5.32 Å². The van der Waals surface area contributed by atoms with E-state index in [0.29, 0.717) is 17.0 Å². The summed E-state index contributed by atoms with van der Waals surface area (Å²) in [6, 6.07) is 11.4. The van der Waals surface area contributed by atoms with Crippen molar-refractivity contribution in [2.24, 2.45) is 0 Å². The minimum Gasteiger partial charge on any atom is -0.339 e. The molecule has 0 radical (unpaired) electrons. The molecule has 0 atom stereocenters. The van der Waals surface area contributed by atoms with Crippen LogP contribution in [0.15, 0.2) is 48.7 Å². The van der Waals surface area contributed by atoms with Crippen molar-refractivity contribution in [1.82, 2.24) is 4.98 Å². The molecule has 0 amide bonds. The van der Waals surface area contributed by atoms with Crippen LogP contribution in [-0.2, 0) is 0 Å². The molecule has 0 bridgehead atoms. The molecule has 1 aromatic carbocycles. The lowest BCUT2D eigenvalue weighted by atomic mass is 9.97. The van der Waals surface area contributed by atoms with Crippen LogP contribution in [0.25, 0.3) is 5.57 Å². The second kappa shape index (κ2) is 4.11. The Hall–Kier alpha value is -2.42. The molecule has 0 unspecified atom stereocenters. The normalized spacial score (nSPS) is 15.6. The van der Waals surface area contributed by atoms with Crippen LogP contribution in [0.5, 0.6) is 0 Å². The van der Waals surface area contributed by atoms with E-state index < -0.39 is 0 Å². The highest BCUT2D eigenvalue weighted by Gasteiger charge is 2.23. The molecular weight excluding hydrogens is 224 g/mol. The molecule has 88 valence electrons. The van der Waals surface area contributed by atoms with Gasteiger partial charge in [0.1, 0.15) is 5.82 Å². The molecule has 3 nitrogen and oxygen atoms in total. The standard InChI is InChI=1S/C15H12N2O/c1-2-10-11-6-3-4-8-13(11)17-15-12(14(10)18)7-5-9-16-15/h2-9H,1H3,(H,16,17)/b10-2+. The third-order valence-electron chi connectivity index (χ3n) is 3.06.